The van der Waals surface area contributed by atoms with Gasteiger partial charge in [-0.05, 0) is 58.2 Å². The number of nitrogens with zero attached hydrogens (tertiary/aromatic N) is 5. The molecule has 0 saturated carbocycles. The Balaban J connectivity index is 0.000000584. The number of alkyl halides is 3. The average Bonchev–Trinajstić information content (AvgIpc) is 3.00. The maximum absolute atomic E-state index is 13.2. The zero-order valence-corrected chi connectivity index (χ0v) is 27.3. The number of aliphatic carboxylic acids is 2. The van der Waals surface area contributed by atoms with Gasteiger partial charge in [-0.1, -0.05) is 12.1 Å². The Hall–Kier alpha value is -3.66. The number of aryl methyl sites for hydroxylation is 2. The summed E-state index contributed by atoms with van der Waals surface area (Å²) in [6.45, 7) is 12.4. The van der Waals surface area contributed by atoms with Crippen LogP contribution in [0.25, 0.3) is 0 Å². The van der Waals surface area contributed by atoms with E-state index in [2.05, 4.69) is 33.6 Å². The summed E-state index contributed by atoms with van der Waals surface area (Å²) >= 11 is 0. The molecular weight excluding hydrogens is 623 g/mol. The number of ether oxygens (including phenoxy) is 1. The number of methoxy groups -OCH3 is 1. The zero-order chi connectivity index (χ0) is 35.1. The summed E-state index contributed by atoms with van der Waals surface area (Å²) < 4.78 is 44.7. The zero-order valence-electron chi connectivity index (χ0n) is 27.3. The van der Waals surface area contributed by atoms with Crippen molar-refractivity contribution in [1.29, 1.82) is 0 Å². The van der Waals surface area contributed by atoms with Crippen molar-refractivity contribution in [2.45, 2.75) is 76.9 Å². The molecule has 12 nitrogen and oxygen atoms in total. The first kappa shape index (κ1) is 37.8. The van der Waals surface area contributed by atoms with Gasteiger partial charge in [-0.15, -0.1) is 0 Å². The summed E-state index contributed by atoms with van der Waals surface area (Å²) in [5.74, 6) is -2.85. The minimum absolute atomic E-state index is 0.000198. The van der Waals surface area contributed by atoms with Crippen molar-refractivity contribution in [2.24, 2.45) is 0 Å². The monoisotopic (exact) mass is 667 g/mol. The molecule has 47 heavy (non-hydrogen) atoms. The van der Waals surface area contributed by atoms with Crippen LogP contribution in [-0.2, 0) is 20.5 Å². The number of carboxylic acids is 2. The molecule has 4 rings (SSSR count). The molecule has 0 aliphatic carbocycles. The molecule has 2 saturated heterocycles. The molecular formula is C32H44F3N5O7. The molecule has 0 bridgehead atoms. The molecule has 1 aromatic heterocycles. The van der Waals surface area contributed by atoms with Crippen LogP contribution in [0.2, 0.25) is 0 Å². The second-order valence-corrected chi connectivity index (χ2v) is 12.3. The van der Waals surface area contributed by atoms with E-state index in [1.165, 1.54) is 6.33 Å². The minimum atomic E-state index is -4.35. The van der Waals surface area contributed by atoms with E-state index in [1.54, 1.807) is 19.2 Å². The Morgan fingerprint density at radius 2 is 1.60 bits per heavy atom. The molecule has 3 atom stereocenters. The third-order valence-corrected chi connectivity index (χ3v) is 9.01. The molecule has 1 unspecified atom stereocenters. The first-order valence-corrected chi connectivity index (χ1v) is 15.4. The molecule has 2 aliphatic rings. The molecule has 2 aliphatic heterocycles. The van der Waals surface area contributed by atoms with Crippen molar-refractivity contribution in [3.63, 3.8) is 0 Å². The number of piperidine rings is 1. The Morgan fingerprint density at radius 1 is 1.02 bits per heavy atom. The first-order valence-electron chi connectivity index (χ1n) is 15.4. The van der Waals surface area contributed by atoms with Gasteiger partial charge in [0.2, 0.25) is 0 Å². The van der Waals surface area contributed by atoms with Gasteiger partial charge in [-0.3, -0.25) is 19.4 Å². The van der Waals surface area contributed by atoms with E-state index < -0.39 is 36.2 Å². The summed E-state index contributed by atoms with van der Waals surface area (Å²) in [4.78, 5) is 47.8. The lowest BCUT2D eigenvalue weighted by molar-refractivity contribution is -0.152. The normalized spacial score (nSPS) is 20.1. The largest absolute Gasteiger partial charge is 0.481 e. The number of carboxylic acid groups (broad SMARTS) is 2. The topological polar surface area (TPSA) is 157 Å². The van der Waals surface area contributed by atoms with Crippen LogP contribution < -0.4 is 0 Å². The van der Waals surface area contributed by atoms with E-state index in [-0.39, 0.29) is 23.5 Å². The summed E-state index contributed by atoms with van der Waals surface area (Å²) in [5.41, 5.74) is 2.18. The van der Waals surface area contributed by atoms with Crippen LogP contribution in [0.4, 0.5) is 13.2 Å². The van der Waals surface area contributed by atoms with E-state index in [0.717, 1.165) is 50.2 Å². The van der Waals surface area contributed by atoms with Crippen molar-refractivity contribution >= 4 is 17.8 Å². The van der Waals surface area contributed by atoms with Crippen molar-refractivity contribution in [2.75, 3.05) is 46.4 Å². The van der Waals surface area contributed by atoms with Crippen LogP contribution in [0.3, 0.4) is 0 Å². The number of halogens is 3. The highest BCUT2D eigenvalue weighted by atomic mass is 19.4. The van der Waals surface area contributed by atoms with E-state index >= 15 is 0 Å². The second-order valence-electron chi connectivity index (χ2n) is 12.3. The number of rotatable bonds is 9. The summed E-state index contributed by atoms with van der Waals surface area (Å²) in [5, 5.41) is 24.1. The van der Waals surface area contributed by atoms with Gasteiger partial charge < -0.3 is 25.0 Å². The van der Waals surface area contributed by atoms with Crippen molar-refractivity contribution < 1.29 is 47.6 Å². The van der Waals surface area contributed by atoms with Crippen LogP contribution in [0, 0.1) is 13.8 Å². The van der Waals surface area contributed by atoms with E-state index in [1.807, 2.05) is 18.7 Å². The number of likely N-dealkylation sites (tertiary alicyclic amines) is 1. The summed E-state index contributed by atoms with van der Waals surface area (Å²) in [6, 6.07) is 5.52. The quantitative estimate of drug-likeness (QED) is 0.360. The lowest BCUT2D eigenvalue weighted by Gasteiger charge is -2.52. The van der Waals surface area contributed by atoms with Crippen LogP contribution >= 0.6 is 0 Å². The van der Waals surface area contributed by atoms with Gasteiger partial charge in [0.1, 0.15) is 6.33 Å². The first-order chi connectivity index (χ1) is 22.0. The highest BCUT2D eigenvalue weighted by Crippen LogP contribution is 2.35. The van der Waals surface area contributed by atoms with Gasteiger partial charge in [0.05, 0.1) is 41.6 Å². The Kier molecular flexibility index (Phi) is 12.8. The molecule has 1 aromatic carbocycles. The molecule has 2 aromatic rings. The number of aliphatic hydroxyl groups excluding tert-OH is 1. The van der Waals surface area contributed by atoms with E-state index in [9.17, 15) is 27.6 Å². The number of amides is 1. The molecule has 260 valence electrons. The molecule has 2 fully saturated rings. The number of aliphatic hydroxyl groups is 1. The fourth-order valence-corrected chi connectivity index (χ4v) is 6.18. The highest BCUT2D eigenvalue weighted by Gasteiger charge is 2.41. The predicted molar refractivity (Wildman–Crippen MR) is 165 cm³/mol. The molecule has 0 spiro atoms. The van der Waals surface area contributed by atoms with Gasteiger partial charge in [0, 0.05) is 51.4 Å². The third-order valence-electron chi connectivity index (χ3n) is 9.01. The fraction of sp³-hybridized carbons (Fsp3) is 0.594. The molecule has 15 heteroatoms. The maximum atomic E-state index is 13.2. The average molecular weight is 668 g/mol. The van der Waals surface area contributed by atoms with Gasteiger partial charge in [0.15, 0.2) is 6.10 Å². The molecule has 0 radical (unpaired) electrons. The maximum Gasteiger partial charge on any atom is 0.416 e. The van der Waals surface area contributed by atoms with Crippen LogP contribution in [0.1, 0.15) is 72.0 Å². The lowest BCUT2D eigenvalue weighted by atomic mass is 9.86. The van der Waals surface area contributed by atoms with E-state index in [0.29, 0.717) is 36.6 Å². The van der Waals surface area contributed by atoms with Gasteiger partial charge in [0.25, 0.3) is 5.91 Å². The highest BCUT2D eigenvalue weighted by molar-refractivity contribution is 5.96. The Morgan fingerprint density at radius 3 is 2.04 bits per heavy atom. The minimum Gasteiger partial charge on any atom is -0.481 e. The van der Waals surface area contributed by atoms with Crippen LogP contribution in [0.5, 0.6) is 0 Å². The number of carbonyl (C=O) groups excluding carboxylic acids is 1. The Labute approximate surface area is 272 Å². The molecule has 3 heterocycles. The summed E-state index contributed by atoms with van der Waals surface area (Å²) in [6.07, 6.45) is -3.66. The van der Waals surface area contributed by atoms with E-state index in [4.69, 9.17) is 20.1 Å². The standard InChI is InChI=1S/C28H38F3N5O2.C4H6O5/c1-19-16-35(14-15-36(19)24(17-38-5)22-6-8-23(9-7-22)28(29,30)31)27(4)10-12-34(13-11-27)26(37)25-20(2)32-18-33-21(25)3;5-2(4(8)9)1-3(6)7/h6-9,18-19,24H,10-17H2,1-5H3;2,5H,1H2,(H,6,7)(H,8,9)/t19-,24-;/m1./s1. The van der Waals surface area contributed by atoms with Crippen LogP contribution in [-0.4, -0.2) is 122 Å². The number of carbonyl (C=O) groups is 3. The number of hydrogen-bond acceptors (Lipinski definition) is 9. The number of hydrogen-bond donors (Lipinski definition) is 3. The van der Waals surface area contributed by atoms with Gasteiger partial charge in [-0.25, -0.2) is 14.8 Å². The number of aromatic nitrogens is 2. The predicted octanol–water partition coefficient (Wildman–Crippen LogP) is 3.41. The smallest absolute Gasteiger partial charge is 0.416 e. The van der Waals surface area contributed by atoms with Gasteiger partial charge >= 0.3 is 18.1 Å². The number of piperazine rings is 1. The fourth-order valence-electron chi connectivity index (χ4n) is 6.18. The molecule has 3 N–H and O–H groups in total. The second kappa shape index (κ2) is 16.0. The molecule has 1 amide bonds. The van der Waals surface area contributed by atoms with Crippen LogP contribution in [0.15, 0.2) is 30.6 Å². The SMILES string of the molecule is COC[C@H](c1ccc(C(F)(F)F)cc1)N1CCN(C2(C)CCN(C(=O)c3c(C)ncnc3C)CC2)C[C@H]1C.O=C(O)CC(O)C(=O)O. The lowest BCUT2D eigenvalue weighted by Crippen LogP contribution is -2.62. The third kappa shape index (κ3) is 9.69. The Bertz CT molecular complexity index is 1360. The van der Waals surface area contributed by atoms with Gasteiger partial charge in [-0.2, -0.15) is 13.2 Å². The summed E-state index contributed by atoms with van der Waals surface area (Å²) in [7, 11) is 1.62. The van der Waals surface area contributed by atoms with Crippen molar-refractivity contribution in [3.8, 4) is 0 Å². The van der Waals surface area contributed by atoms with Crippen molar-refractivity contribution in [3.05, 3.63) is 58.7 Å². The van der Waals surface area contributed by atoms with Crippen molar-refractivity contribution in [1.82, 2.24) is 24.7 Å². The number of benzene rings is 1.